The van der Waals surface area contributed by atoms with Gasteiger partial charge in [0.25, 0.3) is 0 Å². The minimum atomic E-state index is 0.488. The summed E-state index contributed by atoms with van der Waals surface area (Å²) in [5.74, 6) is 1.78. The Morgan fingerprint density at radius 1 is 1.03 bits per heavy atom. The summed E-state index contributed by atoms with van der Waals surface area (Å²) in [4.78, 5) is 7.45. The van der Waals surface area contributed by atoms with Crippen LogP contribution < -0.4 is 14.4 Å². The highest BCUT2D eigenvalue weighted by Gasteiger charge is 2.36. The Labute approximate surface area is 210 Å². The van der Waals surface area contributed by atoms with Gasteiger partial charge in [0.2, 0.25) is 0 Å². The van der Waals surface area contributed by atoms with E-state index in [0.717, 1.165) is 50.7 Å². The maximum absolute atomic E-state index is 6.26. The molecule has 2 aliphatic heterocycles. The maximum atomic E-state index is 6.26. The average molecular weight is 486 g/mol. The number of ether oxygens (including phenoxy) is 2. The lowest BCUT2D eigenvalue weighted by Crippen LogP contribution is -2.56. The van der Waals surface area contributed by atoms with Crippen LogP contribution in [0.15, 0.2) is 30.3 Å². The van der Waals surface area contributed by atoms with E-state index in [1.807, 2.05) is 6.07 Å². The third-order valence-corrected chi connectivity index (χ3v) is 7.90. The lowest BCUT2D eigenvalue weighted by atomic mass is 9.86. The van der Waals surface area contributed by atoms with E-state index in [2.05, 4.69) is 66.9 Å². The summed E-state index contributed by atoms with van der Waals surface area (Å²) in [6.45, 7) is 9.44. The molecule has 2 aromatic rings. The van der Waals surface area contributed by atoms with E-state index < -0.39 is 0 Å². The minimum absolute atomic E-state index is 0.488. The van der Waals surface area contributed by atoms with Crippen LogP contribution in [0, 0.1) is 13.8 Å². The van der Waals surface area contributed by atoms with Crippen molar-refractivity contribution in [2.45, 2.75) is 51.6 Å². The molecule has 186 valence electrons. The number of piperidine rings is 1. The largest absolute Gasteiger partial charge is 0.495 e. The molecule has 0 saturated carbocycles. The molecule has 2 saturated heterocycles. The number of methoxy groups -OCH3 is 1. The number of hydrogen-bond acceptors (Lipinski definition) is 5. The van der Waals surface area contributed by atoms with E-state index >= 15 is 0 Å². The van der Waals surface area contributed by atoms with Crippen LogP contribution in [-0.4, -0.2) is 69.8 Å². The Hall–Kier alpha value is -1.95. The molecular weight excluding hydrogens is 446 g/mol. The smallest absolute Gasteiger partial charge is 0.139 e. The van der Waals surface area contributed by atoms with Gasteiger partial charge >= 0.3 is 0 Å². The molecule has 2 heterocycles. The molecule has 0 bridgehead atoms. The van der Waals surface area contributed by atoms with Crippen molar-refractivity contribution in [2.75, 3.05) is 58.9 Å². The predicted molar refractivity (Wildman–Crippen MR) is 142 cm³/mol. The van der Waals surface area contributed by atoms with Gasteiger partial charge in [-0.05, 0) is 88.5 Å². The molecule has 2 aliphatic rings. The van der Waals surface area contributed by atoms with Gasteiger partial charge in [0.15, 0.2) is 0 Å². The third-order valence-electron chi connectivity index (χ3n) is 7.59. The average Bonchev–Trinajstić information content (AvgIpc) is 2.84. The number of halogens is 1. The zero-order valence-corrected chi connectivity index (χ0v) is 22.2. The summed E-state index contributed by atoms with van der Waals surface area (Å²) >= 11 is 6.26. The van der Waals surface area contributed by atoms with Crippen LogP contribution in [0.3, 0.4) is 0 Å². The molecule has 5 nitrogen and oxygen atoms in total. The van der Waals surface area contributed by atoms with Gasteiger partial charge in [-0.2, -0.15) is 0 Å². The summed E-state index contributed by atoms with van der Waals surface area (Å²) in [7, 11) is 5.89. The summed E-state index contributed by atoms with van der Waals surface area (Å²) < 4.78 is 11.6. The highest BCUT2D eigenvalue weighted by Crippen LogP contribution is 2.40. The summed E-state index contributed by atoms with van der Waals surface area (Å²) in [5, 5.41) is 0.665. The summed E-state index contributed by atoms with van der Waals surface area (Å²) in [6, 6.07) is 11.7. The quantitative estimate of drug-likeness (QED) is 0.446. The number of fused-ring (bicyclic) bond motifs is 1. The second-order valence-electron chi connectivity index (χ2n) is 10.0. The molecule has 4 rings (SSSR count). The van der Waals surface area contributed by atoms with Crippen molar-refractivity contribution in [1.29, 1.82) is 0 Å². The highest BCUT2D eigenvalue weighted by molar-refractivity contribution is 6.32. The van der Waals surface area contributed by atoms with Crippen molar-refractivity contribution in [3.8, 4) is 11.5 Å². The number of benzene rings is 2. The molecule has 0 aliphatic carbocycles. The topological polar surface area (TPSA) is 28.2 Å². The van der Waals surface area contributed by atoms with Crippen LogP contribution >= 0.6 is 11.6 Å². The van der Waals surface area contributed by atoms with Crippen molar-refractivity contribution >= 4 is 17.3 Å². The number of nitrogens with zero attached hydrogens (tertiary/aromatic N) is 3. The highest BCUT2D eigenvalue weighted by atomic mass is 35.5. The van der Waals surface area contributed by atoms with Crippen LogP contribution in [-0.2, 0) is 0 Å². The Morgan fingerprint density at radius 3 is 2.62 bits per heavy atom. The van der Waals surface area contributed by atoms with Crippen LogP contribution in [0.1, 0.15) is 48.4 Å². The van der Waals surface area contributed by atoms with Crippen molar-refractivity contribution in [3.05, 3.63) is 52.0 Å². The van der Waals surface area contributed by atoms with Gasteiger partial charge < -0.3 is 19.3 Å². The Kier molecular flexibility index (Phi) is 8.28. The van der Waals surface area contributed by atoms with E-state index in [1.54, 1.807) is 7.11 Å². The zero-order valence-electron chi connectivity index (χ0n) is 21.4. The monoisotopic (exact) mass is 485 g/mol. The van der Waals surface area contributed by atoms with E-state index in [9.17, 15) is 0 Å². The molecule has 1 unspecified atom stereocenters. The molecule has 2 atom stereocenters. The predicted octanol–water partition coefficient (Wildman–Crippen LogP) is 5.71. The number of rotatable bonds is 8. The molecule has 2 fully saturated rings. The van der Waals surface area contributed by atoms with Crippen molar-refractivity contribution in [1.82, 2.24) is 9.80 Å². The minimum Gasteiger partial charge on any atom is -0.495 e. The SMILES string of the molecule is COc1cc(N2CCN3C(CCC[C@@H]3c3ccc(OCCCN(C)C)c(C)c3C)C2)ccc1Cl. The van der Waals surface area contributed by atoms with E-state index in [1.165, 1.54) is 41.6 Å². The Bertz CT molecular complexity index is 980. The van der Waals surface area contributed by atoms with Crippen LogP contribution in [0.25, 0.3) is 0 Å². The van der Waals surface area contributed by atoms with E-state index in [4.69, 9.17) is 21.1 Å². The van der Waals surface area contributed by atoms with Gasteiger partial charge in [0.05, 0.1) is 18.7 Å². The second-order valence-corrected chi connectivity index (χ2v) is 10.4. The van der Waals surface area contributed by atoms with E-state index in [0.29, 0.717) is 17.1 Å². The van der Waals surface area contributed by atoms with Crippen LogP contribution in [0.4, 0.5) is 5.69 Å². The van der Waals surface area contributed by atoms with Crippen molar-refractivity contribution in [2.24, 2.45) is 0 Å². The molecule has 0 aromatic heterocycles. The van der Waals surface area contributed by atoms with Gasteiger partial charge in [-0.15, -0.1) is 0 Å². The Morgan fingerprint density at radius 2 is 1.85 bits per heavy atom. The number of piperazine rings is 1. The molecule has 0 N–H and O–H groups in total. The molecule has 34 heavy (non-hydrogen) atoms. The van der Waals surface area contributed by atoms with Gasteiger partial charge in [-0.1, -0.05) is 17.7 Å². The first-order chi connectivity index (χ1) is 16.4. The lowest BCUT2D eigenvalue weighted by molar-refractivity contribution is 0.0712. The first-order valence-electron chi connectivity index (χ1n) is 12.6. The summed E-state index contributed by atoms with van der Waals surface area (Å²) in [6.07, 6.45) is 4.80. The van der Waals surface area contributed by atoms with Gasteiger partial charge in [-0.25, -0.2) is 0 Å². The first kappa shape index (κ1) is 25.2. The van der Waals surface area contributed by atoms with Crippen LogP contribution in [0.5, 0.6) is 11.5 Å². The molecule has 0 radical (unpaired) electrons. The van der Waals surface area contributed by atoms with Crippen LogP contribution in [0.2, 0.25) is 5.02 Å². The van der Waals surface area contributed by atoms with E-state index in [-0.39, 0.29) is 0 Å². The van der Waals surface area contributed by atoms with Crippen molar-refractivity contribution in [3.63, 3.8) is 0 Å². The fourth-order valence-corrected chi connectivity index (χ4v) is 5.75. The first-order valence-corrected chi connectivity index (χ1v) is 13.0. The van der Waals surface area contributed by atoms with Gasteiger partial charge in [0.1, 0.15) is 11.5 Å². The van der Waals surface area contributed by atoms with Gasteiger partial charge in [-0.3, -0.25) is 4.90 Å². The standard InChI is InChI=1S/C28H40ClN3O2/c1-20-21(2)27(34-17-7-14-30(3)4)13-11-24(20)26-9-6-8-23-19-31(15-16-32(23)26)22-10-12-25(29)28(18-22)33-5/h10-13,18,23,26H,6-9,14-17,19H2,1-5H3/t23?,26-/m1/s1. The Balaban J connectivity index is 1.45. The third kappa shape index (κ3) is 5.48. The number of hydrogen-bond donors (Lipinski definition) is 0. The fourth-order valence-electron chi connectivity index (χ4n) is 5.56. The molecule has 0 amide bonds. The molecule has 0 spiro atoms. The summed E-state index contributed by atoms with van der Waals surface area (Å²) in [5.41, 5.74) is 5.35. The maximum Gasteiger partial charge on any atom is 0.139 e. The molecular formula is C28H40ClN3O2. The normalized spacial score (nSPS) is 21.0. The zero-order chi connectivity index (χ0) is 24.2. The fraction of sp³-hybridized carbons (Fsp3) is 0.571. The lowest BCUT2D eigenvalue weighted by Gasteiger charge is -2.49. The molecule has 6 heteroatoms. The van der Waals surface area contributed by atoms with Crippen molar-refractivity contribution < 1.29 is 9.47 Å². The number of anilines is 1. The second kappa shape index (κ2) is 11.2. The molecule has 2 aromatic carbocycles. The van der Waals surface area contributed by atoms with Gasteiger partial charge in [0, 0.05) is 50.0 Å².